The SMILES string of the molecule is [CH-]=C.[CH2-]CC(=O)SC[SiH2]C.[O]=[Co]. The molecule has 2 nitrogen and oxygen atoms in total. The summed E-state index contributed by atoms with van der Waals surface area (Å²) in [4.78, 5) is 10.5. The molecule has 0 saturated heterocycles. The fourth-order valence-corrected chi connectivity index (χ4v) is 2.16. The van der Waals surface area contributed by atoms with Crippen molar-refractivity contribution in [3.63, 3.8) is 0 Å². The van der Waals surface area contributed by atoms with Crippen molar-refractivity contribution in [3.05, 3.63) is 20.1 Å². The second kappa shape index (κ2) is 22.5. The Bertz CT molecular complexity index is 101. The standard InChI is InChI=1S/C5H11OSSi.C2H3.Co.O/c1-3-5(6)7-4-8-2;1-2;;/h1,3-4,8H2,2H3;1H,2H2;;/q2*-1;;. The van der Waals surface area contributed by atoms with Crippen molar-refractivity contribution >= 4 is 26.4 Å². The van der Waals surface area contributed by atoms with Gasteiger partial charge in [-0.2, -0.15) is 0 Å². The zero-order chi connectivity index (χ0) is 10.4. The van der Waals surface area contributed by atoms with Crippen LogP contribution in [0, 0.1) is 13.5 Å². The Morgan fingerprint density at radius 1 is 1.67 bits per heavy atom. The summed E-state index contributed by atoms with van der Waals surface area (Å²) in [6, 6.07) is 0. The van der Waals surface area contributed by atoms with Gasteiger partial charge in [-0.1, -0.05) is 18.3 Å². The molecular formula is C7H14CoO2SSi-2. The molecule has 0 rings (SSSR count). The van der Waals surface area contributed by atoms with Gasteiger partial charge in [0.15, 0.2) is 5.12 Å². The van der Waals surface area contributed by atoms with E-state index in [-0.39, 0.29) is 14.6 Å². The van der Waals surface area contributed by atoms with Crippen molar-refractivity contribution in [1.29, 1.82) is 0 Å². The molecule has 0 saturated carbocycles. The fourth-order valence-electron chi connectivity index (χ4n) is 0.288. The first kappa shape index (κ1) is 18.1. The first-order chi connectivity index (χ1) is 5.81. The summed E-state index contributed by atoms with van der Waals surface area (Å²) in [6.45, 7) is 12.7. The van der Waals surface area contributed by atoms with Gasteiger partial charge in [-0.3, -0.25) is 11.4 Å². The van der Waals surface area contributed by atoms with Gasteiger partial charge in [-0.15, -0.1) is 6.42 Å². The normalized spacial score (nSPS) is 7.92. The molecule has 75 valence electrons. The van der Waals surface area contributed by atoms with Crippen LogP contribution in [0.3, 0.4) is 0 Å². The minimum atomic E-state index is 0.0762. The van der Waals surface area contributed by atoms with Crippen LogP contribution in [0.15, 0.2) is 6.58 Å². The molecule has 12 heavy (non-hydrogen) atoms. The fraction of sp³-hybridized carbons (Fsp3) is 0.429. The maximum atomic E-state index is 10.5. The van der Waals surface area contributed by atoms with Crippen LogP contribution in [0.4, 0.5) is 0 Å². The summed E-state index contributed by atoms with van der Waals surface area (Å²) in [6.07, 6.45) is 0.444. The van der Waals surface area contributed by atoms with E-state index >= 15 is 0 Å². The van der Waals surface area contributed by atoms with E-state index in [1.54, 1.807) is 0 Å². The van der Waals surface area contributed by atoms with Crippen LogP contribution in [-0.2, 0) is 24.3 Å². The summed E-state index contributed by atoms with van der Waals surface area (Å²) < 4.78 is 7.94. The van der Waals surface area contributed by atoms with Crippen LogP contribution in [0.2, 0.25) is 6.55 Å². The summed E-state index contributed by atoms with van der Waals surface area (Å²) in [5.41, 5.74) is 0. The van der Waals surface area contributed by atoms with E-state index in [2.05, 4.69) is 42.3 Å². The van der Waals surface area contributed by atoms with E-state index in [1.807, 2.05) is 0 Å². The van der Waals surface area contributed by atoms with Gasteiger partial charge in [0.25, 0.3) is 0 Å². The van der Waals surface area contributed by atoms with Gasteiger partial charge in [0.2, 0.25) is 0 Å². The second-order valence-electron chi connectivity index (χ2n) is 1.47. The Morgan fingerprint density at radius 2 is 2.08 bits per heavy atom. The summed E-state index contributed by atoms with van der Waals surface area (Å²) in [7, 11) is 0.0762. The van der Waals surface area contributed by atoms with Crippen LogP contribution < -0.4 is 0 Å². The molecule has 0 aliphatic rings. The molecule has 0 unspecified atom stereocenters. The third-order valence-corrected chi connectivity index (χ3v) is 3.65. The molecule has 0 N–H and O–H groups in total. The zero-order valence-corrected chi connectivity index (χ0v) is 10.4. The predicted octanol–water partition coefficient (Wildman–Crippen LogP) is 1.13. The van der Waals surface area contributed by atoms with Crippen molar-refractivity contribution in [3.8, 4) is 0 Å². The second-order valence-corrected chi connectivity index (χ2v) is 4.85. The molecule has 0 heterocycles. The predicted molar refractivity (Wildman–Crippen MR) is 52.5 cm³/mol. The van der Waals surface area contributed by atoms with Crippen LogP contribution in [0.1, 0.15) is 6.42 Å². The van der Waals surface area contributed by atoms with Gasteiger partial charge in [-0.05, 0) is 5.38 Å². The molecule has 0 fully saturated rings. The number of carbonyl (C=O) groups excluding carboxylic acids is 1. The molecule has 0 atom stereocenters. The first-order valence-electron chi connectivity index (χ1n) is 3.30. The van der Waals surface area contributed by atoms with Gasteiger partial charge < -0.3 is 13.5 Å². The number of carbonyl (C=O) groups is 1. The van der Waals surface area contributed by atoms with Gasteiger partial charge in [0.05, 0.1) is 0 Å². The molecule has 0 aliphatic carbocycles. The Balaban J connectivity index is -0.000000175. The van der Waals surface area contributed by atoms with Gasteiger partial charge in [0, 0.05) is 9.52 Å². The summed E-state index contributed by atoms with van der Waals surface area (Å²) in [5.74, 6) is 0. The van der Waals surface area contributed by atoms with Crippen LogP contribution in [0.5, 0.6) is 0 Å². The van der Waals surface area contributed by atoms with E-state index in [0.717, 1.165) is 5.38 Å². The molecule has 0 aromatic heterocycles. The quantitative estimate of drug-likeness (QED) is 0.555. The molecule has 0 aromatic rings. The van der Waals surface area contributed by atoms with Gasteiger partial charge in [0.1, 0.15) is 0 Å². The number of rotatable bonds is 3. The van der Waals surface area contributed by atoms with E-state index in [4.69, 9.17) is 3.87 Å². The van der Waals surface area contributed by atoms with Crippen LogP contribution in [0.25, 0.3) is 0 Å². The molecule has 0 amide bonds. The average molecular weight is 249 g/mol. The van der Waals surface area contributed by atoms with Crippen molar-refractivity contribution in [2.24, 2.45) is 0 Å². The Labute approximate surface area is 89.2 Å². The summed E-state index contributed by atoms with van der Waals surface area (Å²) in [5, 5.41) is 1.31. The van der Waals surface area contributed by atoms with Crippen molar-refractivity contribution < 1.29 is 24.3 Å². The number of hydrogen-bond donors (Lipinski definition) is 0. The van der Waals surface area contributed by atoms with Crippen molar-refractivity contribution in [2.75, 3.05) is 5.38 Å². The van der Waals surface area contributed by atoms with E-state index < -0.39 is 0 Å². The maximum absolute atomic E-state index is 10.5. The van der Waals surface area contributed by atoms with Gasteiger partial charge in [-0.25, -0.2) is 0 Å². The molecule has 0 aromatic carbocycles. The summed E-state index contributed by atoms with van der Waals surface area (Å²) >= 11 is 3.75. The molecular weight excluding hydrogens is 235 g/mol. The van der Waals surface area contributed by atoms with E-state index in [1.165, 1.54) is 11.8 Å². The molecule has 0 bridgehead atoms. The average Bonchev–Trinajstić information content (AvgIpc) is 2.20. The topological polar surface area (TPSA) is 34.1 Å². The third-order valence-electron chi connectivity index (χ3n) is 0.671. The zero-order valence-electron chi connectivity index (χ0n) is 7.17. The molecule has 5 heteroatoms. The van der Waals surface area contributed by atoms with E-state index in [9.17, 15) is 4.79 Å². The molecule has 0 radical (unpaired) electrons. The monoisotopic (exact) mass is 249 g/mol. The number of thioether (sulfide) groups is 1. The van der Waals surface area contributed by atoms with Gasteiger partial charge >= 0.3 is 19.5 Å². The Morgan fingerprint density at radius 3 is 2.33 bits per heavy atom. The van der Waals surface area contributed by atoms with Crippen LogP contribution >= 0.6 is 11.8 Å². The first-order valence-corrected chi connectivity index (χ1v) is 7.13. The minimum absolute atomic E-state index is 0.0762. The van der Waals surface area contributed by atoms with E-state index in [0.29, 0.717) is 6.42 Å². The Kier molecular flexibility index (Phi) is 34.0. The van der Waals surface area contributed by atoms with Crippen molar-refractivity contribution in [2.45, 2.75) is 13.0 Å². The van der Waals surface area contributed by atoms with Crippen LogP contribution in [-0.4, -0.2) is 20.0 Å². The third kappa shape index (κ3) is 22.4. The van der Waals surface area contributed by atoms with Crippen molar-refractivity contribution in [1.82, 2.24) is 0 Å². The molecule has 0 aliphatic heterocycles. The number of hydrogen-bond acceptors (Lipinski definition) is 3. The Hall–Kier alpha value is 0.283. The molecule has 0 spiro atoms.